The summed E-state index contributed by atoms with van der Waals surface area (Å²) in [5.41, 5.74) is 3.09. The summed E-state index contributed by atoms with van der Waals surface area (Å²) in [4.78, 5) is 16.4. The molecule has 1 N–H and O–H groups in total. The lowest BCUT2D eigenvalue weighted by Crippen LogP contribution is -2.14. The standard InChI is InChI=1S/C14H15N3O/c1-17-8-7-16-14(17)13(18)11-4-5-12-10(9-11)3-2-6-15-12/h4-5,7-9,15H,2-3,6H2,1H3. The van der Waals surface area contributed by atoms with Gasteiger partial charge in [0.05, 0.1) is 0 Å². The van der Waals surface area contributed by atoms with E-state index in [1.165, 1.54) is 5.56 Å². The molecule has 18 heavy (non-hydrogen) atoms. The number of nitrogens with zero attached hydrogens (tertiary/aromatic N) is 2. The maximum Gasteiger partial charge on any atom is 0.228 e. The summed E-state index contributed by atoms with van der Waals surface area (Å²) in [7, 11) is 1.83. The number of carbonyl (C=O) groups excluding carboxylic acids is 1. The van der Waals surface area contributed by atoms with Crippen LogP contribution >= 0.6 is 0 Å². The van der Waals surface area contributed by atoms with Crippen molar-refractivity contribution in [3.05, 3.63) is 47.5 Å². The molecule has 0 bridgehead atoms. The minimum absolute atomic E-state index is 0.0177. The summed E-state index contributed by atoms with van der Waals surface area (Å²) in [5.74, 6) is 0.467. The average Bonchev–Trinajstić information content (AvgIpc) is 2.83. The number of benzene rings is 1. The lowest BCUT2D eigenvalue weighted by molar-refractivity contribution is 0.102. The SMILES string of the molecule is Cn1ccnc1C(=O)c1ccc2c(c1)CCCN2. The molecule has 3 rings (SSSR count). The molecule has 0 saturated heterocycles. The predicted octanol–water partition coefficient (Wildman–Crippen LogP) is 2.01. The van der Waals surface area contributed by atoms with E-state index >= 15 is 0 Å². The topological polar surface area (TPSA) is 46.9 Å². The molecule has 0 radical (unpaired) electrons. The van der Waals surface area contributed by atoms with Crippen LogP contribution in [0.15, 0.2) is 30.6 Å². The number of hydrogen-bond donors (Lipinski definition) is 1. The van der Waals surface area contributed by atoms with Gasteiger partial charge in [0.2, 0.25) is 5.78 Å². The third-order valence-corrected chi connectivity index (χ3v) is 3.33. The number of nitrogens with one attached hydrogen (secondary N) is 1. The predicted molar refractivity (Wildman–Crippen MR) is 69.9 cm³/mol. The first kappa shape index (κ1) is 11.0. The van der Waals surface area contributed by atoms with Crippen molar-refractivity contribution in [3.8, 4) is 0 Å². The third-order valence-electron chi connectivity index (χ3n) is 3.33. The van der Waals surface area contributed by atoms with Crippen LogP contribution in [0, 0.1) is 0 Å². The molecule has 4 heteroatoms. The Labute approximate surface area is 106 Å². The fourth-order valence-electron chi connectivity index (χ4n) is 2.33. The minimum Gasteiger partial charge on any atom is -0.385 e. The Morgan fingerprint density at radius 3 is 3.11 bits per heavy atom. The number of fused-ring (bicyclic) bond motifs is 1. The molecule has 2 aromatic rings. The second-order valence-electron chi connectivity index (χ2n) is 4.59. The van der Waals surface area contributed by atoms with Crippen LogP contribution < -0.4 is 5.32 Å². The van der Waals surface area contributed by atoms with Gasteiger partial charge in [0.15, 0.2) is 5.82 Å². The minimum atomic E-state index is -0.0177. The van der Waals surface area contributed by atoms with Gasteiger partial charge in [-0.1, -0.05) is 0 Å². The zero-order valence-electron chi connectivity index (χ0n) is 10.3. The molecule has 4 nitrogen and oxygen atoms in total. The van der Waals surface area contributed by atoms with E-state index < -0.39 is 0 Å². The van der Waals surface area contributed by atoms with Crippen molar-refractivity contribution >= 4 is 11.5 Å². The number of carbonyl (C=O) groups is 1. The van der Waals surface area contributed by atoms with E-state index in [-0.39, 0.29) is 5.78 Å². The first-order chi connectivity index (χ1) is 8.75. The molecule has 92 valence electrons. The van der Waals surface area contributed by atoms with Crippen LogP contribution in [-0.4, -0.2) is 21.9 Å². The fraction of sp³-hybridized carbons (Fsp3) is 0.286. The molecule has 0 aliphatic carbocycles. The van der Waals surface area contributed by atoms with E-state index in [4.69, 9.17) is 0 Å². The molecule has 0 amide bonds. The number of ketones is 1. The van der Waals surface area contributed by atoms with Crippen molar-refractivity contribution in [2.24, 2.45) is 7.05 Å². The number of anilines is 1. The fourth-order valence-corrected chi connectivity index (χ4v) is 2.33. The van der Waals surface area contributed by atoms with Crippen molar-refractivity contribution in [1.82, 2.24) is 9.55 Å². The van der Waals surface area contributed by atoms with E-state index in [0.29, 0.717) is 11.4 Å². The van der Waals surface area contributed by atoms with Crippen molar-refractivity contribution in [3.63, 3.8) is 0 Å². The summed E-state index contributed by atoms with van der Waals surface area (Å²) < 4.78 is 1.75. The van der Waals surface area contributed by atoms with E-state index in [1.54, 1.807) is 17.0 Å². The van der Waals surface area contributed by atoms with E-state index in [2.05, 4.69) is 10.3 Å². The highest BCUT2D eigenvalue weighted by molar-refractivity contribution is 6.07. The third kappa shape index (κ3) is 1.79. The molecule has 0 fully saturated rings. The van der Waals surface area contributed by atoms with Gasteiger partial charge in [0, 0.05) is 37.2 Å². The molecule has 1 aromatic carbocycles. The summed E-state index contributed by atoms with van der Waals surface area (Å²) in [6.07, 6.45) is 5.58. The van der Waals surface area contributed by atoms with Crippen molar-refractivity contribution in [1.29, 1.82) is 0 Å². The smallest absolute Gasteiger partial charge is 0.228 e. The normalized spacial score (nSPS) is 13.8. The second kappa shape index (κ2) is 4.29. The van der Waals surface area contributed by atoms with E-state index in [9.17, 15) is 4.79 Å². The van der Waals surface area contributed by atoms with Crippen LogP contribution in [0.4, 0.5) is 5.69 Å². The zero-order valence-corrected chi connectivity index (χ0v) is 10.3. The van der Waals surface area contributed by atoms with E-state index in [1.807, 2.05) is 25.2 Å². The lowest BCUT2D eigenvalue weighted by atomic mass is 9.99. The summed E-state index contributed by atoms with van der Waals surface area (Å²) in [6, 6.07) is 5.84. The van der Waals surface area contributed by atoms with Crippen LogP contribution in [0.1, 0.15) is 28.2 Å². The molecule has 1 aliphatic heterocycles. The molecular formula is C14H15N3O. The molecular weight excluding hydrogens is 226 g/mol. The van der Waals surface area contributed by atoms with Gasteiger partial charge in [0.25, 0.3) is 0 Å². The zero-order chi connectivity index (χ0) is 12.5. The molecule has 1 aliphatic rings. The quantitative estimate of drug-likeness (QED) is 0.818. The monoisotopic (exact) mass is 241 g/mol. The van der Waals surface area contributed by atoms with Crippen molar-refractivity contribution in [2.75, 3.05) is 11.9 Å². The Hall–Kier alpha value is -2.10. The number of rotatable bonds is 2. The molecule has 2 heterocycles. The Balaban J connectivity index is 1.98. The van der Waals surface area contributed by atoms with Crippen LogP contribution in [0.25, 0.3) is 0 Å². The van der Waals surface area contributed by atoms with Gasteiger partial charge < -0.3 is 9.88 Å². The first-order valence-corrected chi connectivity index (χ1v) is 6.14. The van der Waals surface area contributed by atoms with Gasteiger partial charge in [-0.25, -0.2) is 4.98 Å². The second-order valence-corrected chi connectivity index (χ2v) is 4.59. The van der Waals surface area contributed by atoms with Gasteiger partial charge in [-0.2, -0.15) is 0 Å². The number of aromatic nitrogens is 2. The Morgan fingerprint density at radius 2 is 2.33 bits per heavy atom. The Morgan fingerprint density at radius 1 is 1.44 bits per heavy atom. The molecule has 0 atom stereocenters. The Kier molecular flexibility index (Phi) is 2.63. The van der Waals surface area contributed by atoms with Crippen molar-refractivity contribution < 1.29 is 4.79 Å². The molecule has 0 unspecified atom stereocenters. The molecule has 0 spiro atoms. The van der Waals surface area contributed by atoms with Gasteiger partial charge in [-0.3, -0.25) is 4.79 Å². The highest BCUT2D eigenvalue weighted by atomic mass is 16.1. The highest BCUT2D eigenvalue weighted by Gasteiger charge is 2.16. The molecule has 1 aromatic heterocycles. The average molecular weight is 241 g/mol. The maximum absolute atomic E-state index is 12.3. The molecule has 0 saturated carbocycles. The number of imidazole rings is 1. The van der Waals surface area contributed by atoms with Crippen LogP contribution in [-0.2, 0) is 13.5 Å². The van der Waals surface area contributed by atoms with Gasteiger partial charge in [-0.05, 0) is 36.6 Å². The number of aryl methyl sites for hydroxylation is 2. The summed E-state index contributed by atoms with van der Waals surface area (Å²) in [6.45, 7) is 1.01. The Bertz CT molecular complexity index is 601. The van der Waals surface area contributed by atoms with Crippen molar-refractivity contribution in [2.45, 2.75) is 12.8 Å². The van der Waals surface area contributed by atoms with Crippen LogP contribution in [0.3, 0.4) is 0 Å². The maximum atomic E-state index is 12.3. The highest BCUT2D eigenvalue weighted by Crippen LogP contribution is 2.23. The number of hydrogen-bond acceptors (Lipinski definition) is 3. The van der Waals surface area contributed by atoms with Gasteiger partial charge in [0.1, 0.15) is 0 Å². The summed E-state index contributed by atoms with van der Waals surface area (Å²) in [5, 5.41) is 3.34. The van der Waals surface area contributed by atoms with Crippen LogP contribution in [0.2, 0.25) is 0 Å². The summed E-state index contributed by atoms with van der Waals surface area (Å²) >= 11 is 0. The van der Waals surface area contributed by atoms with Gasteiger partial charge in [-0.15, -0.1) is 0 Å². The van der Waals surface area contributed by atoms with Gasteiger partial charge >= 0.3 is 0 Å². The van der Waals surface area contributed by atoms with Crippen LogP contribution in [0.5, 0.6) is 0 Å². The van der Waals surface area contributed by atoms with E-state index in [0.717, 1.165) is 25.1 Å². The lowest BCUT2D eigenvalue weighted by Gasteiger charge is -2.18. The largest absolute Gasteiger partial charge is 0.385 e. The first-order valence-electron chi connectivity index (χ1n) is 6.14.